The first-order valence-corrected chi connectivity index (χ1v) is 6.12. The van der Waals surface area contributed by atoms with Crippen LogP contribution in [0.4, 0.5) is 0 Å². The summed E-state index contributed by atoms with van der Waals surface area (Å²) in [5, 5.41) is 8.75. The zero-order chi connectivity index (χ0) is 12.7. The van der Waals surface area contributed by atoms with Gasteiger partial charge in [-0.15, -0.1) is 5.10 Å². The lowest BCUT2D eigenvalue weighted by Gasteiger charge is -1.95. The van der Waals surface area contributed by atoms with Crippen molar-refractivity contribution in [2.24, 2.45) is 0 Å². The van der Waals surface area contributed by atoms with Crippen molar-refractivity contribution in [3.05, 3.63) is 28.9 Å². The Balaban J connectivity index is 2.16. The maximum Gasteiger partial charge on any atom is 0.160 e. The van der Waals surface area contributed by atoms with Crippen LogP contribution >= 0.6 is 11.6 Å². The van der Waals surface area contributed by atoms with Gasteiger partial charge in [-0.3, -0.25) is 4.68 Å². The molecule has 0 aliphatic heterocycles. The Labute approximate surface area is 109 Å². The number of H-pyrrole nitrogens is 1. The summed E-state index contributed by atoms with van der Waals surface area (Å²) in [6.07, 6.45) is 1.86. The normalized spacial score (nSPS) is 11.3. The van der Waals surface area contributed by atoms with Crippen molar-refractivity contribution in [1.82, 2.24) is 25.0 Å². The third-order valence-electron chi connectivity index (χ3n) is 2.89. The largest absolute Gasteiger partial charge is 0.336 e. The number of nitrogens with zero attached hydrogens (tertiary/aromatic N) is 4. The van der Waals surface area contributed by atoms with Gasteiger partial charge < -0.3 is 4.98 Å². The summed E-state index contributed by atoms with van der Waals surface area (Å²) in [5.41, 5.74) is 3.42. The summed E-state index contributed by atoms with van der Waals surface area (Å²) in [5.74, 6) is 0.692. The minimum atomic E-state index is 0.679. The summed E-state index contributed by atoms with van der Waals surface area (Å²) in [4.78, 5) is 7.69. The van der Waals surface area contributed by atoms with Crippen LogP contribution in [0.1, 0.15) is 12.5 Å². The Morgan fingerprint density at radius 3 is 2.94 bits per heavy atom. The van der Waals surface area contributed by atoms with Crippen molar-refractivity contribution < 1.29 is 0 Å². The van der Waals surface area contributed by atoms with E-state index in [0.29, 0.717) is 10.8 Å². The molecule has 0 saturated carbocycles. The number of benzene rings is 1. The second-order valence-electron chi connectivity index (χ2n) is 4.14. The molecule has 3 aromatic rings. The van der Waals surface area contributed by atoms with Gasteiger partial charge in [0.25, 0.3) is 0 Å². The van der Waals surface area contributed by atoms with Crippen LogP contribution in [0, 0.1) is 6.92 Å². The molecule has 0 fully saturated rings. The second-order valence-corrected chi connectivity index (χ2v) is 4.52. The highest BCUT2D eigenvalue weighted by Crippen LogP contribution is 2.27. The monoisotopic (exact) mass is 261 g/mol. The number of aryl methyl sites for hydroxylation is 2. The first-order valence-electron chi connectivity index (χ1n) is 5.74. The lowest BCUT2D eigenvalue weighted by atomic mass is 10.2. The van der Waals surface area contributed by atoms with Gasteiger partial charge in [-0.05, 0) is 25.5 Å². The Bertz CT molecular complexity index is 712. The average molecular weight is 262 g/mol. The number of aromatic amines is 1. The Morgan fingerprint density at radius 1 is 1.39 bits per heavy atom. The van der Waals surface area contributed by atoms with Gasteiger partial charge in [0.1, 0.15) is 11.2 Å². The van der Waals surface area contributed by atoms with E-state index in [0.717, 1.165) is 28.8 Å². The van der Waals surface area contributed by atoms with Crippen molar-refractivity contribution in [1.29, 1.82) is 0 Å². The molecule has 2 aromatic heterocycles. The van der Waals surface area contributed by atoms with Gasteiger partial charge in [-0.1, -0.05) is 22.9 Å². The molecule has 3 rings (SSSR count). The van der Waals surface area contributed by atoms with E-state index in [1.54, 1.807) is 4.68 Å². The van der Waals surface area contributed by atoms with E-state index >= 15 is 0 Å². The van der Waals surface area contributed by atoms with E-state index in [9.17, 15) is 0 Å². The standard InChI is InChI=1S/C12H12ClN5/c1-3-18-6-9(16-17-18)12-14-8-5-4-7(2)10(13)11(8)15-12/h4-6H,3H2,1-2H3,(H,14,15). The zero-order valence-electron chi connectivity index (χ0n) is 10.1. The smallest absolute Gasteiger partial charge is 0.160 e. The highest BCUT2D eigenvalue weighted by atomic mass is 35.5. The van der Waals surface area contributed by atoms with Crippen LogP contribution in [-0.4, -0.2) is 25.0 Å². The van der Waals surface area contributed by atoms with Gasteiger partial charge in [0.2, 0.25) is 0 Å². The number of aromatic nitrogens is 5. The zero-order valence-corrected chi connectivity index (χ0v) is 10.9. The highest BCUT2D eigenvalue weighted by Gasteiger charge is 2.12. The van der Waals surface area contributed by atoms with Crippen LogP contribution in [0.5, 0.6) is 0 Å². The molecular formula is C12H12ClN5. The van der Waals surface area contributed by atoms with E-state index in [1.807, 2.05) is 32.2 Å². The molecule has 0 radical (unpaired) electrons. The van der Waals surface area contributed by atoms with Gasteiger partial charge in [0, 0.05) is 6.54 Å². The van der Waals surface area contributed by atoms with E-state index in [1.165, 1.54) is 0 Å². The predicted octanol–water partition coefficient (Wildman–Crippen LogP) is 2.80. The Hall–Kier alpha value is -1.88. The van der Waals surface area contributed by atoms with Crippen LogP contribution in [0.2, 0.25) is 5.02 Å². The van der Waals surface area contributed by atoms with Crippen molar-refractivity contribution in [2.75, 3.05) is 0 Å². The third-order valence-corrected chi connectivity index (χ3v) is 3.37. The van der Waals surface area contributed by atoms with E-state index in [2.05, 4.69) is 20.3 Å². The van der Waals surface area contributed by atoms with Crippen LogP contribution in [0.15, 0.2) is 18.3 Å². The first-order chi connectivity index (χ1) is 8.69. The SMILES string of the molecule is CCn1cc(-c2nc3c(Cl)c(C)ccc3[nH]2)nn1. The van der Waals surface area contributed by atoms with Crippen molar-refractivity contribution in [2.45, 2.75) is 20.4 Å². The van der Waals surface area contributed by atoms with Gasteiger partial charge in [0.05, 0.1) is 16.7 Å². The van der Waals surface area contributed by atoms with Gasteiger partial charge >= 0.3 is 0 Å². The summed E-state index contributed by atoms with van der Waals surface area (Å²) in [6.45, 7) is 4.76. The lowest BCUT2D eigenvalue weighted by Crippen LogP contribution is -1.93. The molecule has 0 aliphatic carbocycles. The average Bonchev–Trinajstić information content (AvgIpc) is 2.99. The molecule has 0 aliphatic rings. The summed E-state index contributed by atoms with van der Waals surface area (Å²) in [6, 6.07) is 3.94. The van der Waals surface area contributed by atoms with E-state index in [4.69, 9.17) is 11.6 Å². The van der Waals surface area contributed by atoms with Crippen LogP contribution in [0.3, 0.4) is 0 Å². The number of nitrogens with one attached hydrogen (secondary N) is 1. The lowest BCUT2D eigenvalue weighted by molar-refractivity contribution is 0.627. The summed E-state index contributed by atoms with van der Waals surface area (Å²) in [7, 11) is 0. The second kappa shape index (κ2) is 4.10. The number of fused-ring (bicyclic) bond motifs is 1. The number of hydrogen-bond acceptors (Lipinski definition) is 3. The molecule has 6 heteroatoms. The third kappa shape index (κ3) is 1.67. The highest BCUT2D eigenvalue weighted by molar-refractivity contribution is 6.35. The summed E-state index contributed by atoms with van der Waals surface area (Å²) < 4.78 is 1.76. The number of hydrogen-bond donors (Lipinski definition) is 1. The van der Waals surface area contributed by atoms with Gasteiger partial charge in [0.15, 0.2) is 5.82 Å². The molecule has 0 spiro atoms. The van der Waals surface area contributed by atoms with Crippen LogP contribution in [-0.2, 0) is 6.54 Å². The quantitative estimate of drug-likeness (QED) is 0.772. The fourth-order valence-electron chi connectivity index (χ4n) is 1.83. The van der Waals surface area contributed by atoms with Crippen molar-refractivity contribution in [3.8, 4) is 11.5 Å². The van der Waals surface area contributed by atoms with Crippen molar-refractivity contribution in [3.63, 3.8) is 0 Å². The topological polar surface area (TPSA) is 59.4 Å². The minimum Gasteiger partial charge on any atom is -0.336 e. The Morgan fingerprint density at radius 2 is 2.22 bits per heavy atom. The molecule has 0 bridgehead atoms. The molecule has 0 saturated heterocycles. The molecule has 1 aromatic carbocycles. The van der Waals surface area contributed by atoms with Crippen LogP contribution in [0.25, 0.3) is 22.6 Å². The number of imidazole rings is 1. The predicted molar refractivity (Wildman–Crippen MR) is 70.5 cm³/mol. The molecular weight excluding hydrogens is 250 g/mol. The fraction of sp³-hybridized carbons (Fsp3) is 0.250. The van der Waals surface area contributed by atoms with E-state index in [-0.39, 0.29) is 0 Å². The van der Waals surface area contributed by atoms with Crippen LogP contribution < -0.4 is 0 Å². The number of rotatable bonds is 2. The molecule has 1 N–H and O–H groups in total. The molecule has 18 heavy (non-hydrogen) atoms. The van der Waals surface area contributed by atoms with Gasteiger partial charge in [-0.25, -0.2) is 4.98 Å². The first kappa shape index (κ1) is 11.2. The molecule has 2 heterocycles. The summed E-state index contributed by atoms with van der Waals surface area (Å²) >= 11 is 6.24. The molecule has 0 amide bonds. The van der Waals surface area contributed by atoms with E-state index < -0.39 is 0 Å². The van der Waals surface area contributed by atoms with Crippen molar-refractivity contribution >= 4 is 22.6 Å². The maximum atomic E-state index is 6.24. The minimum absolute atomic E-state index is 0.679. The molecule has 92 valence electrons. The Kier molecular flexibility index (Phi) is 2.56. The molecule has 0 atom stereocenters. The molecule has 0 unspecified atom stereocenters. The molecule has 5 nitrogen and oxygen atoms in total. The maximum absolute atomic E-state index is 6.24. The number of halogens is 1. The fourth-order valence-corrected chi connectivity index (χ4v) is 2.03. The van der Waals surface area contributed by atoms with Gasteiger partial charge in [-0.2, -0.15) is 0 Å².